The largest absolute Gasteiger partial charge is 0.384 e. The molecule has 0 aliphatic carbocycles. The number of fused-ring (bicyclic) bond motifs is 3. The number of nitrogen functional groups attached to an aromatic ring is 1. The summed E-state index contributed by atoms with van der Waals surface area (Å²) in [6, 6.07) is 9.36. The van der Waals surface area contributed by atoms with Crippen LogP contribution in [0.4, 0.5) is 17.5 Å². The third kappa shape index (κ3) is 3.23. The summed E-state index contributed by atoms with van der Waals surface area (Å²) in [4.78, 5) is 9.44. The molecule has 2 bridgehead atoms. The molecule has 2 aliphatic heterocycles. The summed E-state index contributed by atoms with van der Waals surface area (Å²) in [5.74, 6) is 2.40. The van der Waals surface area contributed by atoms with Gasteiger partial charge in [0.1, 0.15) is 11.6 Å². The van der Waals surface area contributed by atoms with Gasteiger partial charge in [0.25, 0.3) is 0 Å². The number of hydrogen-bond donors (Lipinski definition) is 4. The summed E-state index contributed by atoms with van der Waals surface area (Å²) in [5.41, 5.74) is 9.11. The van der Waals surface area contributed by atoms with Gasteiger partial charge in [0, 0.05) is 46.9 Å². The molecule has 2 fully saturated rings. The van der Waals surface area contributed by atoms with Crippen molar-refractivity contribution in [1.82, 2.24) is 25.5 Å². The van der Waals surface area contributed by atoms with Crippen LogP contribution in [0.25, 0.3) is 10.9 Å². The van der Waals surface area contributed by atoms with Gasteiger partial charge in [0.15, 0.2) is 5.82 Å². The van der Waals surface area contributed by atoms with Crippen LogP contribution in [0.15, 0.2) is 24.3 Å². The fraction of sp³-hybridized carbons (Fsp3) is 0.450. The molecule has 0 unspecified atom stereocenters. The first-order valence-corrected chi connectivity index (χ1v) is 9.76. The summed E-state index contributed by atoms with van der Waals surface area (Å²) in [7, 11) is 0. The Hall–Kier alpha value is -2.67. The third-order valence-electron chi connectivity index (χ3n) is 5.81. The maximum Gasteiger partial charge on any atom is 0.153 e. The van der Waals surface area contributed by atoms with E-state index in [0.717, 1.165) is 22.4 Å². The van der Waals surface area contributed by atoms with Crippen molar-refractivity contribution in [3.63, 3.8) is 0 Å². The summed E-state index contributed by atoms with van der Waals surface area (Å²) >= 11 is 0. The van der Waals surface area contributed by atoms with Gasteiger partial charge in [-0.2, -0.15) is 5.10 Å². The number of H-pyrrole nitrogens is 1. The average Bonchev–Trinajstić information content (AvgIpc) is 3.05. The summed E-state index contributed by atoms with van der Waals surface area (Å²) in [5, 5.41) is 15.1. The van der Waals surface area contributed by atoms with E-state index in [4.69, 9.17) is 10.7 Å². The Bertz CT molecular complexity index is 968. The molecule has 7 heteroatoms. The Kier molecular flexibility index (Phi) is 3.97. The van der Waals surface area contributed by atoms with E-state index >= 15 is 0 Å². The minimum absolute atomic E-state index is 0.462. The fourth-order valence-corrected chi connectivity index (χ4v) is 4.60. The number of aryl methyl sites for hydroxylation is 1. The van der Waals surface area contributed by atoms with Crippen molar-refractivity contribution in [2.45, 2.75) is 57.0 Å². The van der Waals surface area contributed by atoms with Crippen molar-refractivity contribution < 1.29 is 0 Å². The van der Waals surface area contributed by atoms with Gasteiger partial charge >= 0.3 is 0 Å². The summed E-state index contributed by atoms with van der Waals surface area (Å²) in [6.45, 7) is 1.96. The Morgan fingerprint density at radius 2 is 1.93 bits per heavy atom. The lowest BCUT2D eigenvalue weighted by molar-refractivity contribution is 0.219. The number of nitrogens with zero attached hydrogens (tertiary/aromatic N) is 3. The highest BCUT2D eigenvalue weighted by molar-refractivity contribution is 5.92. The van der Waals surface area contributed by atoms with Crippen LogP contribution in [0.3, 0.4) is 0 Å². The molecule has 140 valence electrons. The predicted molar refractivity (Wildman–Crippen MR) is 107 cm³/mol. The minimum Gasteiger partial charge on any atom is -0.384 e. The molecule has 5 heterocycles. The van der Waals surface area contributed by atoms with E-state index in [0.29, 0.717) is 29.6 Å². The normalized spacial score (nSPS) is 24.9. The third-order valence-corrected chi connectivity index (χ3v) is 5.81. The van der Waals surface area contributed by atoms with Crippen LogP contribution in [0.1, 0.15) is 49.4 Å². The van der Waals surface area contributed by atoms with Gasteiger partial charge in [-0.15, -0.1) is 0 Å². The number of piperidine rings is 2. The molecular formula is C20H25N7. The highest BCUT2D eigenvalue weighted by atomic mass is 15.2. The fourth-order valence-electron chi connectivity index (χ4n) is 4.60. The van der Waals surface area contributed by atoms with Crippen LogP contribution in [-0.2, 0) is 0 Å². The molecule has 3 aromatic rings. The molecule has 5 N–H and O–H groups in total. The molecule has 2 aliphatic rings. The second-order valence-corrected chi connectivity index (χ2v) is 7.92. The van der Waals surface area contributed by atoms with E-state index in [1.165, 1.54) is 37.8 Å². The number of rotatable bonds is 3. The molecule has 3 aromatic heterocycles. The zero-order chi connectivity index (χ0) is 18.4. The molecule has 0 aromatic carbocycles. The maximum atomic E-state index is 6.06. The zero-order valence-corrected chi connectivity index (χ0v) is 15.5. The number of nitrogens with one attached hydrogen (secondary N) is 3. The number of hydrogen-bond acceptors (Lipinski definition) is 6. The Morgan fingerprint density at radius 1 is 1.11 bits per heavy atom. The monoisotopic (exact) mass is 363 g/mol. The van der Waals surface area contributed by atoms with Gasteiger partial charge in [-0.1, -0.05) is 6.42 Å². The van der Waals surface area contributed by atoms with Crippen molar-refractivity contribution in [1.29, 1.82) is 0 Å². The first-order chi connectivity index (χ1) is 13.1. The van der Waals surface area contributed by atoms with Gasteiger partial charge in [-0.25, -0.2) is 4.98 Å². The Labute approximate surface area is 158 Å². The molecule has 27 heavy (non-hydrogen) atoms. The molecule has 0 spiro atoms. The van der Waals surface area contributed by atoms with Crippen LogP contribution in [0.2, 0.25) is 0 Å². The Balaban J connectivity index is 1.48. The molecule has 3 atom stereocenters. The van der Waals surface area contributed by atoms with E-state index in [1.54, 1.807) is 0 Å². The number of aromatic amines is 1. The molecule has 0 radical (unpaired) electrons. The lowest BCUT2D eigenvalue weighted by Crippen LogP contribution is -2.48. The lowest BCUT2D eigenvalue weighted by atomic mass is 9.79. The highest BCUT2D eigenvalue weighted by Crippen LogP contribution is 2.36. The average molecular weight is 363 g/mol. The first kappa shape index (κ1) is 16.5. The minimum atomic E-state index is 0.462. The Morgan fingerprint density at radius 3 is 2.67 bits per heavy atom. The lowest BCUT2D eigenvalue weighted by Gasteiger charge is -2.40. The van der Waals surface area contributed by atoms with Crippen molar-refractivity contribution in [3.05, 3.63) is 35.7 Å². The number of pyridine rings is 2. The van der Waals surface area contributed by atoms with Crippen LogP contribution in [0, 0.1) is 6.92 Å². The topological polar surface area (TPSA) is 105 Å². The number of anilines is 3. The van der Waals surface area contributed by atoms with Crippen molar-refractivity contribution in [2.75, 3.05) is 11.1 Å². The van der Waals surface area contributed by atoms with Crippen LogP contribution < -0.4 is 16.4 Å². The van der Waals surface area contributed by atoms with Gasteiger partial charge in [-0.3, -0.25) is 10.1 Å². The smallest absolute Gasteiger partial charge is 0.153 e. The maximum absolute atomic E-state index is 6.06. The second-order valence-electron chi connectivity index (χ2n) is 7.92. The zero-order valence-electron chi connectivity index (χ0n) is 15.5. The quantitative estimate of drug-likeness (QED) is 0.569. The van der Waals surface area contributed by atoms with Crippen LogP contribution >= 0.6 is 0 Å². The SMILES string of the molecule is Cc1cc(Nc2nc(N)cc3nc([C@H]4C[C@H]5CCC[C@@H](C4)N5)ccc23)n[nH]1. The number of nitrogens with two attached hydrogens (primary N) is 1. The van der Waals surface area contributed by atoms with Gasteiger partial charge in [0.2, 0.25) is 0 Å². The molecule has 0 amide bonds. The molecule has 5 rings (SSSR count). The van der Waals surface area contributed by atoms with E-state index in [2.05, 4.69) is 37.9 Å². The van der Waals surface area contributed by atoms with E-state index in [9.17, 15) is 0 Å². The van der Waals surface area contributed by atoms with Crippen molar-refractivity contribution >= 4 is 28.4 Å². The number of aromatic nitrogens is 4. The first-order valence-electron chi connectivity index (χ1n) is 9.76. The predicted octanol–water partition coefficient (Wildman–Crippen LogP) is 3.38. The van der Waals surface area contributed by atoms with E-state index in [1.807, 2.05) is 19.1 Å². The standard InChI is InChI=1S/C20H25N7/c1-11-7-19(27-26-11)25-20-15-5-6-16(23-17(15)10-18(21)24-20)12-8-13-3-2-4-14(9-12)22-13/h5-7,10,12-14,22H,2-4,8-9H2,1H3,(H4,21,24,25,26,27)/t12-,13+,14-. The van der Waals surface area contributed by atoms with Gasteiger partial charge in [0.05, 0.1) is 5.52 Å². The van der Waals surface area contributed by atoms with Gasteiger partial charge in [-0.05, 0) is 44.7 Å². The molecule has 0 saturated carbocycles. The van der Waals surface area contributed by atoms with Crippen LogP contribution in [0.5, 0.6) is 0 Å². The molecular weight excluding hydrogens is 338 g/mol. The van der Waals surface area contributed by atoms with Crippen molar-refractivity contribution in [3.8, 4) is 0 Å². The van der Waals surface area contributed by atoms with E-state index in [-0.39, 0.29) is 0 Å². The summed E-state index contributed by atoms with van der Waals surface area (Å²) in [6.07, 6.45) is 6.27. The highest BCUT2D eigenvalue weighted by Gasteiger charge is 2.32. The molecule has 7 nitrogen and oxygen atoms in total. The van der Waals surface area contributed by atoms with Crippen LogP contribution in [-0.4, -0.2) is 32.2 Å². The molecule has 2 saturated heterocycles. The van der Waals surface area contributed by atoms with E-state index < -0.39 is 0 Å². The van der Waals surface area contributed by atoms with Gasteiger partial charge < -0.3 is 16.4 Å². The summed E-state index contributed by atoms with van der Waals surface area (Å²) < 4.78 is 0. The second kappa shape index (κ2) is 6.49. The van der Waals surface area contributed by atoms with Crippen molar-refractivity contribution in [2.24, 2.45) is 0 Å².